The van der Waals surface area contributed by atoms with Crippen LogP contribution in [0.3, 0.4) is 0 Å². The van der Waals surface area contributed by atoms with E-state index in [2.05, 4.69) is 11.5 Å². The Morgan fingerprint density at radius 2 is 1.74 bits per heavy atom. The van der Waals surface area contributed by atoms with Crippen LogP contribution in [0.25, 0.3) is 11.1 Å². The van der Waals surface area contributed by atoms with Crippen molar-refractivity contribution in [3.63, 3.8) is 0 Å². The van der Waals surface area contributed by atoms with Crippen LogP contribution in [0, 0.1) is 12.7 Å². The smallest absolute Gasteiger partial charge is 0.337 e. The molecule has 162 valence electrons. The van der Waals surface area contributed by atoms with Gasteiger partial charge in [-0.05, 0) is 49.1 Å². The highest BCUT2D eigenvalue weighted by molar-refractivity contribution is 6.02. The number of benzene rings is 2. The summed E-state index contributed by atoms with van der Waals surface area (Å²) in [5.74, 6) is -1.17. The van der Waals surface area contributed by atoms with Crippen LogP contribution >= 0.6 is 0 Å². The molecule has 0 aliphatic rings. The van der Waals surface area contributed by atoms with Gasteiger partial charge in [0.05, 0.1) is 18.2 Å². The zero-order chi connectivity index (χ0) is 22.5. The zero-order valence-corrected chi connectivity index (χ0v) is 18.1. The minimum Gasteiger partial charge on any atom is -0.465 e. The molecule has 1 heterocycles. The maximum absolute atomic E-state index is 14.1. The van der Waals surface area contributed by atoms with Crippen LogP contribution in [0.15, 0.2) is 48.5 Å². The molecule has 0 unspecified atom stereocenters. The molecule has 0 spiro atoms. The number of halogens is 1. The normalized spacial score (nSPS) is 10.8. The standard InChI is InChI=1S/C25H27FN2O3/c1-4-7-21-23(18-10-12-19(13-11-18)25(30)31-3)22(24(27)29)16(2)28(21)15-14-17-8-5-6-9-20(17)26/h5-6,8-13H,4,7,14-15H2,1-3H3,(H2,27,29). The van der Waals surface area contributed by atoms with Gasteiger partial charge in [0.15, 0.2) is 0 Å². The maximum atomic E-state index is 14.1. The molecule has 6 heteroatoms. The van der Waals surface area contributed by atoms with E-state index in [9.17, 15) is 14.0 Å². The third kappa shape index (κ3) is 4.53. The number of hydrogen-bond donors (Lipinski definition) is 1. The van der Waals surface area contributed by atoms with Gasteiger partial charge >= 0.3 is 5.97 Å². The van der Waals surface area contributed by atoms with Crippen LogP contribution in [0.1, 0.15) is 51.0 Å². The van der Waals surface area contributed by atoms with Crippen molar-refractivity contribution in [1.82, 2.24) is 4.57 Å². The van der Waals surface area contributed by atoms with Gasteiger partial charge in [-0.2, -0.15) is 0 Å². The summed E-state index contributed by atoms with van der Waals surface area (Å²) in [7, 11) is 1.33. The summed E-state index contributed by atoms with van der Waals surface area (Å²) >= 11 is 0. The lowest BCUT2D eigenvalue weighted by atomic mass is 9.97. The highest BCUT2D eigenvalue weighted by Gasteiger charge is 2.24. The van der Waals surface area contributed by atoms with E-state index in [1.165, 1.54) is 13.2 Å². The fourth-order valence-corrected chi connectivity index (χ4v) is 4.03. The fraction of sp³-hybridized carbons (Fsp3) is 0.280. The Morgan fingerprint density at radius 3 is 2.32 bits per heavy atom. The molecule has 3 rings (SSSR count). The first-order chi connectivity index (χ1) is 14.9. The summed E-state index contributed by atoms with van der Waals surface area (Å²) in [6, 6.07) is 13.7. The van der Waals surface area contributed by atoms with Crippen molar-refractivity contribution in [3.05, 3.63) is 82.4 Å². The van der Waals surface area contributed by atoms with E-state index < -0.39 is 11.9 Å². The molecule has 5 nitrogen and oxygen atoms in total. The molecule has 0 bridgehead atoms. The van der Waals surface area contributed by atoms with E-state index in [4.69, 9.17) is 10.5 Å². The highest BCUT2D eigenvalue weighted by atomic mass is 19.1. The van der Waals surface area contributed by atoms with Gasteiger partial charge in [0.1, 0.15) is 5.82 Å². The Kier molecular flexibility index (Phi) is 6.90. The minimum atomic E-state index is -0.508. The number of carbonyl (C=O) groups is 2. The molecule has 3 aromatic rings. The van der Waals surface area contributed by atoms with Crippen LogP contribution in [0.5, 0.6) is 0 Å². The molecule has 2 aromatic carbocycles. The molecular formula is C25H27FN2O3. The molecule has 0 radical (unpaired) electrons. The second kappa shape index (κ2) is 9.60. The number of carbonyl (C=O) groups excluding carboxylic acids is 2. The lowest BCUT2D eigenvalue weighted by Gasteiger charge is -2.13. The molecule has 0 saturated carbocycles. The van der Waals surface area contributed by atoms with Gasteiger partial charge in [-0.1, -0.05) is 43.7 Å². The van der Waals surface area contributed by atoms with E-state index in [1.54, 1.807) is 36.4 Å². The predicted octanol–water partition coefficient (Wildman–Crippen LogP) is 4.68. The molecule has 0 aliphatic carbocycles. The number of aromatic nitrogens is 1. The molecule has 1 amide bonds. The van der Waals surface area contributed by atoms with Gasteiger partial charge in [0.25, 0.3) is 5.91 Å². The second-order valence-electron chi connectivity index (χ2n) is 7.46. The van der Waals surface area contributed by atoms with Crippen LogP contribution in [0.4, 0.5) is 4.39 Å². The van der Waals surface area contributed by atoms with E-state index >= 15 is 0 Å². The number of nitrogens with zero attached hydrogens (tertiary/aromatic N) is 1. The largest absolute Gasteiger partial charge is 0.465 e. The topological polar surface area (TPSA) is 74.3 Å². The summed E-state index contributed by atoms with van der Waals surface area (Å²) in [5, 5.41) is 0. The van der Waals surface area contributed by atoms with Crippen LogP contribution in [0.2, 0.25) is 0 Å². The monoisotopic (exact) mass is 422 g/mol. The zero-order valence-electron chi connectivity index (χ0n) is 18.1. The Bertz CT molecular complexity index is 1100. The number of ether oxygens (including phenoxy) is 1. The van der Waals surface area contributed by atoms with Gasteiger partial charge < -0.3 is 15.0 Å². The quantitative estimate of drug-likeness (QED) is 0.536. The SMILES string of the molecule is CCCc1c(-c2ccc(C(=O)OC)cc2)c(C(N)=O)c(C)n1CCc1ccccc1F. The maximum Gasteiger partial charge on any atom is 0.337 e. The number of nitrogens with two attached hydrogens (primary N) is 1. The minimum absolute atomic E-state index is 0.238. The summed E-state index contributed by atoms with van der Waals surface area (Å²) in [4.78, 5) is 24.2. The van der Waals surface area contributed by atoms with Gasteiger partial charge in [-0.3, -0.25) is 4.79 Å². The van der Waals surface area contributed by atoms with Crippen LogP contribution < -0.4 is 5.73 Å². The van der Waals surface area contributed by atoms with E-state index in [1.807, 2.05) is 13.0 Å². The summed E-state index contributed by atoms with van der Waals surface area (Å²) in [6.45, 7) is 4.47. The molecule has 0 saturated heterocycles. The molecule has 0 fully saturated rings. The summed E-state index contributed by atoms with van der Waals surface area (Å²) in [6.07, 6.45) is 2.10. The molecular weight excluding hydrogens is 395 g/mol. The number of aryl methyl sites for hydroxylation is 1. The lowest BCUT2D eigenvalue weighted by Crippen LogP contribution is -2.14. The Hall–Kier alpha value is -3.41. The van der Waals surface area contributed by atoms with E-state index in [0.29, 0.717) is 29.7 Å². The van der Waals surface area contributed by atoms with Gasteiger partial charge in [0, 0.05) is 23.5 Å². The number of amides is 1. The highest BCUT2D eigenvalue weighted by Crippen LogP contribution is 2.34. The molecule has 1 aromatic heterocycles. The predicted molar refractivity (Wildman–Crippen MR) is 119 cm³/mol. The van der Waals surface area contributed by atoms with Gasteiger partial charge in [-0.25, -0.2) is 9.18 Å². The molecule has 31 heavy (non-hydrogen) atoms. The number of hydrogen-bond acceptors (Lipinski definition) is 3. The Morgan fingerprint density at radius 1 is 1.06 bits per heavy atom. The van der Waals surface area contributed by atoms with Crippen molar-refractivity contribution < 1.29 is 18.7 Å². The molecule has 0 aliphatic heterocycles. The summed E-state index contributed by atoms with van der Waals surface area (Å²) in [5.41, 5.74) is 10.6. The number of rotatable bonds is 8. The Labute approximate surface area is 181 Å². The Balaban J connectivity index is 2.09. The molecule has 0 atom stereocenters. The fourth-order valence-electron chi connectivity index (χ4n) is 4.03. The molecule has 2 N–H and O–H groups in total. The van der Waals surface area contributed by atoms with Crippen molar-refractivity contribution in [1.29, 1.82) is 0 Å². The van der Waals surface area contributed by atoms with Crippen molar-refractivity contribution >= 4 is 11.9 Å². The van der Waals surface area contributed by atoms with Crippen molar-refractivity contribution in [2.24, 2.45) is 5.73 Å². The number of methoxy groups -OCH3 is 1. The lowest BCUT2D eigenvalue weighted by molar-refractivity contribution is 0.0600. The van der Waals surface area contributed by atoms with Gasteiger partial charge in [-0.15, -0.1) is 0 Å². The third-order valence-corrected chi connectivity index (χ3v) is 5.52. The van der Waals surface area contributed by atoms with Crippen molar-refractivity contribution in [3.8, 4) is 11.1 Å². The first kappa shape index (κ1) is 22.3. The first-order valence-electron chi connectivity index (χ1n) is 10.3. The van der Waals surface area contributed by atoms with Crippen molar-refractivity contribution in [2.45, 2.75) is 39.7 Å². The number of esters is 1. The van der Waals surface area contributed by atoms with E-state index in [0.717, 1.165) is 35.4 Å². The van der Waals surface area contributed by atoms with Crippen LogP contribution in [-0.2, 0) is 24.1 Å². The van der Waals surface area contributed by atoms with Crippen molar-refractivity contribution in [2.75, 3.05) is 7.11 Å². The average molecular weight is 423 g/mol. The summed E-state index contributed by atoms with van der Waals surface area (Å²) < 4.78 is 21.0. The number of primary amides is 1. The first-order valence-corrected chi connectivity index (χ1v) is 10.3. The third-order valence-electron chi connectivity index (χ3n) is 5.52. The average Bonchev–Trinajstić information content (AvgIpc) is 3.04. The second-order valence-corrected chi connectivity index (χ2v) is 7.46. The van der Waals surface area contributed by atoms with Crippen LogP contribution in [-0.4, -0.2) is 23.6 Å². The van der Waals surface area contributed by atoms with Gasteiger partial charge in [0.2, 0.25) is 0 Å². The van der Waals surface area contributed by atoms with E-state index in [-0.39, 0.29) is 5.82 Å².